The molecule has 0 saturated heterocycles. The predicted octanol–water partition coefficient (Wildman–Crippen LogP) is 0.839. The summed E-state index contributed by atoms with van der Waals surface area (Å²) in [6, 6.07) is 0. The standard InChI is InChI=1S/C9H12N6OS/c1-16-7-8(12-4-13-9(7)15-10)11-2-6-3-17-5-14-6/h3-5H,2,10H2,1H3,(H2,11,12,13,15). The molecule has 0 bridgehead atoms. The fraction of sp³-hybridized carbons (Fsp3) is 0.222. The Morgan fingerprint density at radius 3 is 2.82 bits per heavy atom. The number of nitrogens with one attached hydrogen (secondary N) is 2. The lowest BCUT2D eigenvalue weighted by molar-refractivity contribution is 0.414. The first-order chi connectivity index (χ1) is 8.35. The molecule has 7 nitrogen and oxygen atoms in total. The number of nitrogens with two attached hydrogens (primary N) is 1. The predicted molar refractivity (Wildman–Crippen MR) is 65.8 cm³/mol. The van der Waals surface area contributed by atoms with Crippen LogP contribution < -0.4 is 21.3 Å². The number of aromatic nitrogens is 3. The van der Waals surface area contributed by atoms with Gasteiger partial charge in [0.05, 0.1) is 24.9 Å². The summed E-state index contributed by atoms with van der Waals surface area (Å²) in [7, 11) is 1.54. The van der Waals surface area contributed by atoms with Crippen molar-refractivity contribution in [2.75, 3.05) is 17.9 Å². The van der Waals surface area contributed by atoms with Crippen LogP contribution in [0.25, 0.3) is 0 Å². The average molecular weight is 252 g/mol. The maximum Gasteiger partial charge on any atom is 0.205 e. The number of ether oxygens (including phenoxy) is 1. The molecule has 17 heavy (non-hydrogen) atoms. The zero-order valence-corrected chi connectivity index (χ0v) is 9.99. The molecule has 8 heteroatoms. The van der Waals surface area contributed by atoms with Gasteiger partial charge in [0.15, 0.2) is 11.6 Å². The molecular formula is C9H12N6OS. The number of hydrogen-bond acceptors (Lipinski definition) is 8. The van der Waals surface area contributed by atoms with Gasteiger partial charge in [0.2, 0.25) is 5.75 Å². The monoisotopic (exact) mass is 252 g/mol. The second-order valence-electron chi connectivity index (χ2n) is 3.08. The Morgan fingerprint density at radius 1 is 1.35 bits per heavy atom. The van der Waals surface area contributed by atoms with Gasteiger partial charge in [-0.25, -0.2) is 20.8 Å². The molecular weight excluding hydrogens is 240 g/mol. The first-order valence-electron chi connectivity index (χ1n) is 4.81. The molecule has 0 atom stereocenters. The molecule has 90 valence electrons. The van der Waals surface area contributed by atoms with E-state index < -0.39 is 0 Å². The summed E-state index contributed by atoms with van der Waals surface area (Å²) in [5.74, 6) is 6.81. The second kappa shape index (κ2) is 5.41. The van der Waals surface area contributed by atoms with Gasteiger partial charge in [-0.15, -0.1) is 11.3 Å². The highest BCUT2D eigenvalue weighted by molar-refractivity contribution is 7.07. The normalized spacial score (nSPS) is 10.0. The number of hydrazine groups is 1. The third kappa shape index (κ3) is 2.60. The van der Waals surface area contributed by atoms with Crippen LogP contribution in [-0.4, -0.2) is 22.1 Å². The number of hydrogen-bond donors (Lipinski definition) is 3. The zero-order chi connectivity index (χ0) is 12.1. The molecule has 0 fully saturated rings. The number of anilines is 2. The van der Waals surface area contributed by atoms with Crippen LogP contribution in [0.4, 0.5) is 11.6 Å². The Morgan fingerprint density at radius 2 is 2.18 bits per heavy atom. The fourth-order valence-electron chi connectivity index (χ4n) is 1.29. The molecule has 0 saturated carbocycles. The second-order valence-corrected chi connectivity index (χ2v) is 3.80. The van der Waals surface area contributed by atoms with Crippen LogP contribution in [0, 0.1) is 0 Å². The number of nitrogen functional groups attached to an aromatic ring is 1. The van der Waals surface area contributed by atoms with Gasteiger partial charge in [-0.05, 0) is 0 Å². The van der Waals surface area contributed by atoms with Crippen LogP contribution in [0.5, 0.6) is 5.75 Å². The summed E-state index contributed by atoms with van der Waals surface area (Å²) in [6.45, 7) is 0.570. The molecule has 2 rings (SSSR count). The van der Waals surface area contributed by atoms with Crippen molar-refractivity contribution in [2.24, 2.45) is 5.84 Å². The quantitative estimate of drug-likeness (QED) is 0.535. The van der Waals surface area contributed by atoms with E-state index in [-0.39, 0.29) is 0 Å². The highest BCUT2D eigenvalue weighted by atomic mass is 32.1. The number of methoxy groups -OCH3 is 1. The highest BCUT2D eigenvalue weighted by Crippen LogP contribution is 2.28. The molecule has 0 unspecified atom stereocenters. The van der Waals surface area contributed by atoms with Gasteiger partial charge in [-0.2, -0.15) is 0 Å². The smallest absolute Gasteiger partial charge is 0.205 e. The Balaban J connectivity index is 2.14. The van der Waals surface area contributed by atoms with Crippen molar-refractivity contribution in [3.05, 3.63) is 22.9 Å². The van der Waals surface area contributed by atoms with Crippen LogP contribution in [0.15, 0.2) is 17.2 Å². The summed E-state index contributed by atoms with van der Waals surface area (Å²) in [5.41, 5.74) is 5.17. The van der Waals surface area contributed by atoms with Gasteiger partial charge in [-0.3, -0.25) is 0 Å². The third-order valence-electron chi connectivity index (χ3n) is 2.07. The molecule has 4 N–H and O–H groups in total. The number of rotatable bonds is 5. The van der Waals surface area contributed by atoms with Crippen LogP contribution in [0.2, 0.25) is 0 Å². The molecule has 0 aliphatic carbocycles. The minimum Gasteiger partial charge on any atom is -0.490 e. The topological polar surface area (TPSA) is 98.0 Å². The fourth-order valence-corrected chi connectivity index (χ4v) is 1.85. The van der Waals surface area contributed by atoms with Crippen molar-refractivity contribution in [1.29, 1.82) is 0 Å². The van der Waals surface area contributed by atoms with E-state index in [1.165, 1.54) is 13.4 Å². The lowest BCUT2D eigenvalue weighted by Crippen LogP contribution is -2.12. The summed E-state index contributed by atoms with van der Waals surface area (Å²) in [4.78, 5) is 12.2. The largest absolute Gasteiger partial charge is 0.490 e. The SMILES string of the molecule is COc1c(NN)ncnc1NCc1cscn1. The molecule has 0 aliphatic rings. The minimum atomic E-state index is 0.434. The van der Waals surface area contributed by atoms with E-state index in [4.69, 9.17) is 10.6 Å². The maximum atomic E-state index is 5.33. The number of nitrogens with zero attached hydrogens (tertiary/aromatic N) is 3. The van der Waals surface area contributed by atoms with Crippen molar-refractivity contribution >= 4 is 23.0 Å². The van der Waals surface area contributed by atoms with Crippen molar-refractivity contribution < 1.29 is 4.74 Å². The van der Waals surface area contributed by atoms with E-state index >= 15 is 0 Å². The lowest BCUT2D eigenvalue weighted by Gasteiger charge is -2.11. The van der Waals surface area contributed by atoms with E-state index in [1.807, 2.05) is 5.38 Å². The first kappa shape index (κ1) is 11.6. The van der Waals surface area contributed by atoms with Gasteiger partial charge >= 0.3 is 0 Å². The Kier molecular flexibility index (Phi) is 3.68. The first-order valence-corrected chi connectivity index (χ1v) is 5.76. The van der Waals surface area contributed by atoms with E-state index in [9.17, 15) is 0 Å². The molecule has 2 heterocycles. The molecule has 0 radical (unpaired) electrons. The van der Waals surface area contributed by atoms with Crippen LogP contribution >= 0.6 is 11.3 Å². The highest BCUT2D eigenvalue weighted by Gasteiger charge is 2.10. The van der Waals surface area contributed by atoms with E-state index in [2.05, 4.69) is 25.7 Å². The summed E-state index contributed by atoms with van der Waals surface area (Å²) < 4.78 is 5.19. The molecule has 0 spiro atoms. The summed E-state index contributed by atoms with van der Waals surface area (Å²) >= 11 is 1.54. The van der Waals surface area contributed by atoms with E-state index in [0.717, 1.165) is 5.69 Å². The van der Waals surface area contributed by atoms with E-state index in [1.54, 1.807) is 16.8 Å². The van der Waals surface area contributed by atoms with Crippen molar-refractivity contribution in [2.45, 2.75) is 6.54 Å². The van der Waals surface area contributed by atoms with Gasteiger partial charge in [0, 0.05) is 5.38 Å². The Bertz CT molecular complexity index is 474. The lowest BCUT2D eigenvalue weighted by atomic mass is 10.4. The summed E-state index contributed by atoms with van der Waals surface area (Å²) in [5, 5.41) is 5.07. The molecule has 2 aromatic rings. The molecule has 2 aromatic heterocycles. The van der Waals surface area contributed by atoms with Gasteiger partial charge in [0.25, 0.3) is 0 Å². The Hall–Kier alpha value is -1.93. The average Bonchev–Trinajstić information content (AvgIpc) is 2.88. The zero-order valence-electron chi connectivity index (χ0n) is 9.17. The minimum absolute atomic E-state index is 0.434. The third-order valence-corrected chi connectivity index (χ3v) is 2.70. The van der Waals surface area contributed by atoms with Crippen LogP contribution in [-0.2, 0) is 6.54 Å². The van der Waals surface area contributed by atoms with Crippen LogP contribution in [0.3, 0.4) is 0 Å². The van der Waals surface area contributed by atoms with Crippen molar-refractivity contribution in [3.8, 4) is 5.75 Å². The number of thiazole rings is 1. The van der Waals surface area contributed by atoms with Crippen LogP contribution in [0.1, 0.15) is 5.69 Å². The molecule has 0 amide bonds. The van der Waals surface area contributed by atoms with Crippen molar-refractivity contribution in [3.63, 3.8) is 0 Å². The molecule has 0 aliphatic heterocycles. The maximum absolute atomic E-state index is 5.33. The van der Waals surface area contributed by atoms with Gasteiger partial charge < -0.3 is 15.5 Å². The molecule has 0 aromatic carbocycles. The van der Waals surface area contributed by atoms with Crippen molar-refractivity contribution in [1.82, 2.24) is 15.0 Å². The Labute approximate surface area is 102 Å². The summed E-state index contributed by atoms with van der Waals surface area (Å²) in [6.07, 6.45) is 1.40. The van der Waals surface area contributed by atoms with Gasteiger partial charge in [-0.1, -0.05) is 0 Å². The van der Waals surface area contributed by atoms with E-state index in [0.29, 0.717) is 23.9 Å². The van der Waals surface area contributed by atoms with Gasteiger partial charge in [0.1, 0.15) is 6.33 Å².